The van der Waals surface area contributed by atoms with Crippen LogP contribution in [-0.2, 0) is 13.6 Å². The molecule has 1 N–H and O–H groups in total. The van der Waals surface area contributed by atoms with Crippen molar-refractivity contribution < 1.29 is 4.79 Å². The number of pyridine rings is 1. The predicted octanol–water partition coefficient (Wildman–Crippen LogP) is 1.68. The van der Waals surface area contributed by atoms with E-state index in [-0.39, 0.29) is 26.5 Å². The molecule has 1 amide bonds. The van der Waals surface area contributed by atoms with Gasteiger partial charge in [-0.3, -0.25) is 0 Å². The van der Waals surface area contributed by atoms with Crippen LogP contribution in [0.15, 0.2) is 35.1 Å². The number of aromatic nitrogens is 2. The number of hydrogen-bond acceptors (Lipinski definition) is 2. The second kappa shape index (κ2) is 6.15. The molecule has 23 heavy (non-hydrogen) atoms. The Morgan fingerprint density at radius 3 is 2.74 bits per heavy atom. The number of nitrogens with one attached hydrogen (secondary N) is 1. The van der Waals surface area contributed by atoms with Crippen molar-refractivity contribution in [2.75, 3.05) is 0 Å². The van der Waals surface area contributed by atoms with Gasteiger partial charge in [0, 0.05) is 0 Å². The molecule has 5 nitrogen and oxygen atoms in total. The first-order chi connectivity index (χ1) is 11.1. The first kappa shape index (κ1) is 15.7. The van der Waals surface area contributed by atoms with Crippen molar-refractivity contribution in [3.05, 3.63) is 46.4 Å². The second-order valence-corrected chi connectivity index (χ2v) is 6.20. The van der Waals surface area contributed by atoms with Crippen LogP contribution in [0.2, 0.25) is 0 Å². The van der Waals surface area contributed by atoms with E-state index in [1.165, 1.54) is 0 Å². The molecule has 2 aromatic heterocycles. The number of benzene rings is 1. The number of hydrogen-bond donors (Lipinski definition) is 1. The summed E-state index contributed by atoms with van der Waals surface area (Å²) in [7, 11) is 1.77. The van der Waals surface area contributed by atoms with E-state index in [9.17, 15) is 9.59 Å². The van der Waals surface area contributed by atoms with Crippen molar-refractivity contribution in [1.29, 1.82) is 0 Å². The van der Waals surface area contributed by atoms with Crippen LogP contribution < -0.4 is 9.86 Å². The van der Waals surface area contributed by atoms with Gasteiger partial charge in [-0.2, -0.15) is 0 Å². The predicted molar refractivity (Wildman–Crippen MR) is 95.3 cm³/mol. The maximum atomic E-state index is 12.7. The molecule has 0 spiro atoms. The molecule has 1 aromatic carbocycles. The zero-order chi connectivity index (χ0) is 16.6. The molecule has 0 unspecified atom stereocenters. The molecule has 116 valence electrons. The van der Waals surface area contributed by atoms with Gasteiger partial charge in [0.1, 0.15) is 0 Å². The Balaban J connectivity index is 2.49. The summed E-state index contributed by atoms with van der Waals surface area (Å²) in [6.45, 7) is 2.75. The minimum absolute atomic E-state index is 0.0791. The van der Waals surface area contributed by atoms with E-state index in [1.807, 2.05) is 28.8 Å². The molecule has 0 saturated heterocycles. The van der Waals surface area contributed by atoms with Crippen molar-refractivity contribution in [1.82, 2.24) is 13.4 Å². The molecule has 0 atom stereocenters. The van der Waals surface area contributed by atoms with Gasteiger partial charge in [-0.15, -0.1) is 0 Å². The Labute approximate surface area is 140 Å². The Morgan fingerprint density at radius 1 is 1.30 bits per heavy atom. The summed E-state index contributed by atoms with van der Waals surface area (Å²) < 4.78 is 6.41. The van der Waals surface area contributed by atoms with E-state index in [0.717, 1.165) is 22.8 Å². The molecule has 0 saturated carbocycles. The molecule has 6 heteroatoms. The number of nitrogens with zero attached hydrogens (tertiary/aromatic N) is 2. The van der Waals surface area contributed by atoms with Crippen molar-refractivity contribution in [3.8, 4) is 0 Å². The summed E-state index contributed by atoms with van der Waals surface area (Å²) in [6.07, 6.45) is 0.880. The number of amides is 1. The van der Waals surface area contributed by atoms with Gasteiger partial charge < -0.3 is 0 Å². The first-order valence-corrected chi connectivity index (χ1v) is 9.02. The monoisotopic (exact) mass is 323 g/mol. The Hall–Kier alpha value is -2.16. The number of aryl methyl sites for hydroxylation is 2. The van der Waals surface area contributed by atoms with Crippen LogP contribution in [0.3, 0.4) is 0 Å². The summed E-state index contributed by atoms with van der Waals surface area (Å²) in [5, 5.41) is 5.31. The van der Waals surface area contributed by atoms with Crippen LogP contribution in [0.1, 0.15) is 23.8 Å². The third-order valence-corrected chi connectivity index (χ3v) is 4.53. The fraction of sp³-hybridized carbons (Fsp3) is 0.235. The van der Waals surface area contributed by atoms with Crippen molar-refractivity contribution in [2.45, 2.75) is 19.9 Å². The molecular weight excluding hydrogens is 305 g/mol. The number of carbonyl (C=O) groups excluding carboxylic acids is 1. The fourth-order valence-corrected chi connectivity index (χ4v) is 3.40. The molecule has 0 aliphatic heterocycles. The normalized spacial score (nSPS) is 10.9. The van der Waals surface area contributed by atoms with Crippen LogP contribution in [0.25, 0.3) is 21.8 Å². The van der Waals surface area contributed by atoms with Crippen molar-refractivity contribution in [2.24, 2.45) is 7.05 Å². The van der Waals surface area contributed by atoms with E-state index < -0.39 is 0 Å². The summed E-state index contributed by atoms with van der Waals surface area (Å²) in [5.74, 6) is -0.161. The molecule has 0 radical (unpaired) electrons. The fourth-order valence-electron chi connectivity index (χ4n) is 3.07. The van der Waals surface area contributed by atoms with Gasteiger partial charge in [-0.25, -0.2) is 0 Å². The molecule has 3 rings (SSSR count). The maximum absolute atomic E-state index is 12.7. The Bertz CT molecular complexity index is 985. The van der Waals surface area contributed by atoms with Gasteiger partial charge in [0.15, 0.2) is 0 Å². The number of rotatable bonds is 4. The number of para-hydroxylation sites is 1. The van der Waals surface area contributed by atoms with Gasteiger partial charge in [-0.1, -0.05) is 0 Å². The van der Waals surface area contributed by atoms with Crippen molar-refractivity contribution in [3.63, 3.8) is 0 Å². The summed E-state index contributed by atoms with van der Waals surface area (Å²) in [4.78, 5) is 25.1. The number of fused-ring (bicyclic) bond motifs is 3. The molecule has 2 heterocycles. The molecule has 0 fully saturated rings. The summed E-state index contributed by atoms with van der Waals surface area (Å²) >= 11 is -0.385. The van der Waals surface area contributed by atoms with Crippen LogP contribution in [0, 0.1) is 0 Å². The van der Waals surface area contributed by atoms with Crippen LogP contribution in [0.4, 0.5) is 0 Å². The van der Waals surface area contributed by atoms with Gasteiger partial charge in [0.25, 0.3) is 0 Å². The van der Waals surface area contributed by atoms with Crippen LogP contribution >= 0.6 is 0 Å². The van der Waals surface area contributed by atoms with Crippen molar-refractivity contribution >= 4 is 48.1 Å². The SMILES string of the molecule is [CH2]=[Al][NH]C(=O)c1cc2c(=O)n(C)c3ccccc3c2n1CCC. The molecule has 0 bridgehead atoms. The second-order valence-electron chi connectivity index (χ2n) is 5.50. The standard InChI is InChI=1S/C16H17N3O2.CH2.Al/c1-3-8-19-13(15(17)20)9-11-14(19)10-6-4-5-7-12(10)18(2)16(11)21;;/h4-7,9H,3,8H2,1-2H3,(H2,17,20);1H2;/q;;+1/p-1. The van der Waals surface area contributed by atoms with E-state index in [2.05, 4.69) is 16.6 Å². The van der Waals surface area contributed by atoms with E-state index in [4.69, 9.17) is 0 Å². The first-order valence-electron chi connectivity index (χ1n) is 7.62. The minimum atomic E-state index is -0.385. The molecule has 0 aliphatic carbocycles. The van der Waals surface area contributed by atoms with Gasteiger partial charge in [0.2, 0.25) is 0 Å². The Morgan fingerprint density at radius 2 is 2.04 bits per heavy atom. The van der Waals surface area contributed by atoms with E-state index >= 15 is 0 Å². The summed E-state index contributed by atoms with van der Waals surface area (Å²) in [6, 6.07) is 9.51. The average molecular weight is 323 g/mol. The molecular formula is C17H18AlN3O2. The van der Waals surface area contributed by atoms with E-state index in [0.29, 0.717) is 17.6 Å². The van der Waals surface area contributed by atoms with Gasteiger partial charge >= 0.3 is 140 Å². The molecule has 0 aliphatic rings. The zero-order valence-corrected chi connectivity index (χ0v) is 14.5. The topological polar surface area (TPSA) is 56.0 Å². The van der Waals surface area contributed by atoms with Crippen LogP contribution in [-0.4, -0.2) is 35.4 Å². The van der Waals surface area contributed by atoms with Gasteiger partial charge in [-0.05, 0) is 0 Å². The number of carbonyl (C=O) groups is 1. The third kappa shape index (κ3) is 2.44. The van der Waals surface area contributed by atoms with E-state index in [1.54, 1.807) is 17.7 Å². The Kier molecular flexibility index (Phi) is 4.21. The quantitative estimate of drug-likeness (QED) is 0.743. The zero-order valence-electron chi connectivity index (χ0n) is 13.3. The summed E-state index contributed by atoms with van der Waals surface area (Å²) in [5.41, 5.74) is 2.17. The van der Waals surface area contributed by atoms with Crippen LogP contribution in [0.5, 0.6) is 0 Å². The average Bonchev–Trinajstić information content (AvgIpc) is 2.93. The third-order valence-electron chi connectivity index (χ3n) is 4.07. The van der Waals surface area contributed by atoms with Gasteiger partial charge in [0.05, 0.1) is 0 Å². The molecule has 3 aromatic rings.